The van der Waals surface area contributed by atoms with Gasteiger partial charge in [0.25, 0.3) is 5.91 Å². The number of rotatable bonds is 8. The lowest BCUT2D eigenvalue weighted by molar-refractivity contribution is -0.113. The van der Waals surface area contributed by atoms with Gasteiger partial charge in [0.15, 0.2) is 11.5 Å². The van der Waals surface area contributed by atoms with Crippen LogP contribution in [0.4, 0.5) is 5.69 Å². The van der Waals surface area contributed by atoms with Crippen LogP contribution < -0.4 is 14.4 Å². The van der Waals surface area contributed by atoms with E-state index in [2.05, 4.69) is 59.8 Å². The minimum absolute atomic E-state index is 0.0438. The van der Waals surface area contributed by atoms with Crippen molar-refractivity contribution in [3.63, 3.8) is 0 Å². The first-order valence-electron chi connectivity index (χ1n) is 12.3. The molecule has 0 aliphatic carbocycles. The van der Waals surface area contributed by atoms with Gasteiger partial charge >= 0.3 is 0 Å². The summed E-state index contributed by atoms with van der Waals surface area (Å²) in [5, 5.41) is 2.38. The predicted molar refractivity (Wildman–Crippen MR) is 156 cm³/mol. The average molecular weight is 589 g/mol. The lowest BCUT2D eigenvalue weighted by atomic mass is 10.0. The Labute approximate surface area is 225 Å². The van der Waals surface area contributed by atoms with Crippen LogP contribution in [-0.4, -0.2) is 19.1 Å². The summed E-state index contributed by atoms with van der Waals surface area (Å²) < 4.78 is 13.3. The zero-order valence-corrected chi connectivity index (χ0v) is 22.6. The molecule has 0 atom stereocenters. The minimum Gasteiger partial charge on any atom is -0.490 e. The van der Waals surface area contributed by atoms with Gasteiger partial charge in [-0.2, -0.15) is 0 Å². The highest BCUT2D eigenvalue weighted by Crippen LogP contribution is 2.40. The van der Waals surface area contributed by atoms with E-state index in [9.17, 15) is 4.79 Å². The molecular weight excluding hydrogens is 561 g/mol. The van der Waals surface area contributed by atoms with Crippen molar-refractivity contribution < 1.29 is 14.3 Å². The van der Waals surface area contributed by atoms with E-state index in [0.29, 0.717) is 31.1 Å². The Morgan fingerprint density at radius 1 is 0.917 bits per heavy atom. The molecule has 0 fully saturated rings. The molecule has 0 radical (unpaired) electrons. The molecule has 0 unspecified atom stereocenters. The number of carbonyl (C=O) groups is 1. The summed E-state index contributed by atoms with van der Waals surface area (Å²) in [5.74, 6) is 1.45. The van der Waals surface area contributed by atoms with Gasteiger partial charge in [-0.15, -0.1) is 0 Å². The van der Waals surface area contributed by atoms with E-state index in [-0.39, 0.29) is 5.91 Å². The topological polar surface area (TPSA) is 38.8 Å². The van der Waals surface area contributed by atoms with Gasteiger partial charge in [0, 0.05) is 17.7 Å². The average Bonchev–Trinajstić information content (AvgIpc) is 3.15. The molecule has 4 nitrogen and oxygen atoms in total. The van der Waals surface area contributed by atoms with Gasteiger partial charge in [0.05, 0.1) is 15.9 Å². The number of fused-ring (bicyclic) bond motifs is 2. The Bertz CT molecular complexity index is 1450. The van der Waals surface area contributed by atoms with Gasteiger partial charge in [0.1, 0.15) is 6.61 Å². The van der Waals surface area contributed by atoms with E-state index < -0.39 is 0 Å². The molecule has 5 heteroatoms. The van der Waals surface area contributed by atoms with Crippen LogP contribution in [0.25, 0.3) is 22.4 Å². The predicted octanol–water partition coefficient (Wildman–Crippen LogP) is 7.72. The number of halogens is 1. The fraction of sp³-hybridized carbons (Fsp3) is 0.194. The zero-order valence-electron chi connectivity index (χ0n) is 20.5. The van der Waals surface area contributed by atoms with Crippen LogP contribution in [0.3, 0.4) is 0 Å². The van der Waals surface area contributed by atoms with Crippen LogP contribution in [0.5, 0.6) is 11.5 Å². The van der Waals surface area contributed by atoms with Gasteiger partial charge in [-0.1, -0.05) is 67.6 Å². The molecule has 4 aromatic rings. The maximum absolute atomic E-state index is 13.3. The Kier molecular flexibility index (Phi) is 7.28. The number of amides is 1. The lowest BCUT2D eigenvalue weighted by Gasteiger charge is -2.16. The van der Waals surface area contributed by atoms with Gasteiger partial charge in [-0.05, 0) is 82.1 Å². The minimum atomic E-state index is 0.0438. The van der Waals surface area contributed by atoms with Gasteiger partial charge in [-0.25, -0.2) is 0 Å². The van der Waals surface area contributed by atoms with E-state index in [1.807, 2.05) is 66.4 Å². The highest BCUT2D eigenvalue weighted by Gasteiger charge is 2.31. The summed E-state index contributed by atoms with van der Waals surface area (Å²) in [7, 11) is 0. The molecule has 0 bridgehead atoms. The van der Waals surface area contributed by atoms with Crippen LogP contribution in [-0.2, 0) is 11.4 Å². The Hall–Kier alpha value is -3.32. The molecule has 1 aliphatic rings. The molecule has 182 valence electrons. The maximum Gasteiger partial charge on any atom is 0.258 e. The van der Waals surface area contributed by atoms with Gasteiger partial charge in [0.2, 0.25) is 0 Å². The Balaban J connectivity index is 1.48. The first kappa shape index (κ1) is 24.4. The highest BCUT2D eigenvalue weighted by atomic mass is 127. The first-order chi connectivity index (χ1) is 17.6. The summed E-state index contributed by atoms with van der Waals surface area (Å²) >= 11 is 2.29. The molecule has 0 spiro atoms. The molecule has 36 heavy (non-hydrogen) atoms. The molecule has 4 aromatic carbocycles. The van der Waals surface area contributed by atoms with Crippen molar-refractivity contribution in [2.45, 2.75) is 26.9 Å². The molecule has 1 aliphatic heterocycles. The second-order valence-electron chi connectivity index (χ2n) is 8.72. The third kappa shape index (κ3) is 4.72. The molecule has 0 N–H and O–H groups in total. The fourth-order valence-corrected chi connectivity index (χ4v) is 5.48. The normalized spacial score (nSPS) is 13.9. The van der Waals surface area contributed by atoms with E-state index in [4.69, 9.17) is 9.47 Å². The molecule has 1 amide bonds. The van der Waals surface area contributed by atoms with E-state index in [0.717, 1.165) is 38.1 Å². The first-order valence-corrected chi connectivity index (χ1v) is 13.4. The van der Waals surface area contributed by atoms with E-state index in [1.165, 1.54) is 10.8 Å². The molecule has 1 heterocycles. The quantitative estimate of drug-likeness (QED) is 0.156. The summed E-state index contributed by atoms with van der Waals surface area (Å²) in [6.07, 6.45) is 2.87. The van der Waals surface area contributed by atoms with Crippen molar-refractivity contribution >= 4 is 56.6 Å². The summed E-state index contributed by atoms with van der Waals surface area (Å²) in [6.45, 7) is 5.72. The van der Waals surface area contributed by atoms with Crippen molar-refractivity contribution in [3.05, 3.63) is 99.1 Å². The SMILES string of the molecule is CCCN1C(=O)/C(=C\c2cc(I)c(OCc3cccc4ccccc34)c(OCC)c2)c2ccccc21. The maximum atomic E-state index is 13.3. The van der Waals surface area contributed by atoms with Crippen LogP contribution in [0, 0.1) is 3.57 Å². The van der Waals surface area contributed by atoms with Crippen molar-refractivity contribution in [1.29, 1.82) is 0 Å². The molecule has 0 aromatic heterocycles. The fourth-order valence-electron chi connectivity index (χ4n) is 4.70. The van der Waals surface area contributed by atoms with Crippen molar-refractivity contribution in [2.24, 2.45) is 0 Å². The number of ether oxygens (including phenoxy) is 2. The van der Waals surface area contributed by atoms with Crippen LogP contribution in [0.1, 0.15) is 37.0 Å². The number of benzene rings is 4. The monoisotopic (exact) mass is 589 g/mol. The van der Waals surface area contributed by atoms with Crippen LogP contribution in [0.2, 0.25) is 0 Å². The third-order valence-corrected chi connectivity index (χ3v) is 7.10. The number of hydrogen-bond acceptors (Lipinski definition) is 3. The lowest BCUT2D eigenvalue weighted by Crippen LogP contribution is -2.26. The number of nitrogens with zero attached hydrogens (tertiary/aromatic N) is 1. The van der Waals surface area contributed by atoms with Crippen molar-refractivity contribution in [3.8, 4) is 11.5 Å². The van der Waals surface area contributed by atoms with Crippen LogP contribution in [0.15, 0.2) is 78.9 Å². The third-order valence-electron chi connectivity index (χ3n) is 6.30. The summed E-state index contributed by atoms with van der Waals surface area (Å²) in [4.78, 5) is 15.2. The highest BCUT2D eigenvalue weighted by molar-refractivity contribution is 14.1. The Morgan fingerprint density at radius 3 is 2.53 bits per heavy atom. The summed E-state index contributed by atoms with van der Waals surface area (Å²) in [6, 6.07) is 26.6. The second-order valence-corrected chi connectivity index (χ2v) is 9.88. The Morgan fingerprint density at radius 2 is 1.69 bits per heavy atom. The van der Waals surface area contributed by atoms with E-state index >= 15 is 0 Å². The number of para-hydroxylation sites is 1. The van der Waals surface area contributed by atoms with Gasteiger partial charge < -0.3 is 14.4 Å². The van der Waals surface area contributed by atoms with Crippen LogP contribution >= 0.6 is 22.6 Å². The van der Waals surface area contributed by atoms with Gasteiger partial charge in [-0.3, -0.25) is 4.79 Å². The molecular formula is C31H28INO3. The molecule has 0 saturated heterocycles. The smallest absolute Gasteiger partial charge is 0.258 e. The summed E-state index contributed by atoms with van der Waals surface area (Å²) in [5.41, 5.74) is 4.70. The largest absolute Gasteiger partial charge is 0.490 e. The standard InChI is InChI=1S/C31H28INO3/c1-3-16-33-28-15-8-7-14-25(28)26(31(33)34)17-21-18-27(32)30(29(19-21)35-4-2)36-20-23-12-9-11-22-10-5-6-13-24(22)23/h5-15,17-19H,3-4,16,20H2,1-2H3/b26-17-. The van der Waals surface area contributed by atoms with Crippen molar-refractivity contribution in [2.75, 3.05) is 18.1 Å². The van der Waals surface area contributed by atoms with Crippen molar-refractivity contribution in [1.82, 2.24) is 0 Å². The molecule has 0 saturated carbocycles. The second kappa shape index (κ2) is 10.7. The number of anilines is 1. The molecule has 5 rings (SSSR count). The zero-order chi connectivity index (χ0) is 25.1. The number of carbonyl (C=O) groups excluding carboxylic acids is 1. The number of hydrogen-bond donors (Lipinski definition) is 0. The van der Waals surface area contributed by atoms with E-state index in [1.54, 1.807) is 0 Å².